The lowest BCUT2D eigenvalue weighted by Gasteiger charge is -2.20. The summed E-state index contributed by atoms with van der Waals surface area (Å²) in [7, 11) is 1.12. The normalized spacial score (nSPS) is 24.6. The summed E-state index contributed by atoms with van der Waals surface area (Å²) in [5.41, 5.74) is 0. The van der Waals surface area contributed by atoms with E-state index in [-0.39, 0.29) is 12.0 Å². The predicted molar refractivity (Wildman–Crippen MR) is 67.8 cm³/mol. The van der Waals surface area contributed by atoms with E-state index >= 15 is 0 Å². The standard InChI is InChI=1S/C12H22O4Si/c1-3-8(4-2)15-10-9(6-5-7-17)11(13)16-12(10)14/h8-10H,3-7H2,1-2,17H3. The third-order valence-corrected chi connectivity index (χ3v) is 3.93. The van der Waals surface area contributed by atoms with Gasteiger partial charge in [-0.1, -0.05) is 26.3 Å². The Morgan fingerprint density at radius 2 is 1.94 bits per heavy atom. The van der Waals surface area contributed by atoms with Gasteiger partial charge in [-0.05, 0) is 19.3 Å². The van der Waals surface area contributed by atoms with Crippen LogP contribution >= 0.6 is 0 Å². The fraction of sp³-hybridized carbons (Fsp3) is 0.833. The molecule has 0 aromatic heterocycles. The number of hydrogen-bond donors (Lipinski definition) is 0. The van der Waals surface area contributed by atoms with Gasteiger partial charge in [0.05, 0.1) is 12.0 Å². The third-order valence-electron chi connectivity index (χ3n) is 3.22. The second-order valence-corrected chi connectivity index (χ2v) is 5.48. The Labute approximate surface area is 105 Å². The average molecular weight is 258 g/mol. The van der Waals surface area contributed by atoms with Gasteiger partial charge < -0.3 is 9.47 Å². The highest BCUT2D eigenvalue weighted by molar-refractivity contribution is 6.08. The van der Waals surface area contributed by atoms with E-state index in [1.807, 2.05) is 13.8 Å². The molecule has 0 saturated carbocycles. The summed E-state index contributed by atoms with van der Waals surface area (Å²) < 4.78 is 10.4. The summed E-state index contributed by atoms with van der Waals surface area (Å²) in [5, 5.41) is 0. The Bertz CT molecular complexity index is 276. The highest BCUT2D eigenvalue weighted by Gasteiger charge is 2.45. The summed E-state index contributed by atoms with van der Waals surface area (Å²) >= 11 is 0. The molecule has 0 aromatic rings. The lowest BCUT2D eigenvalue weighted by molar-refractivity contribution is -0.157. The van der Waals surface area contributed by atoms with Crippen molar-refractivity contribution in [3.63, 3.8) is 0 Å². The van der Waals surface area contributed by atoms with Crippen LogP contribution in [0.2, 0.25) is 6.04 Å². The maximum atomic E-state index is 11.6. The van der Waals surface area contributed by atoms with Crippen LogP contribution in [0, 0.1) is 5.92 Å². The highest BCUT2D eigenvalue weighted by Crippen LogP contribution is 2.27. The number of rotatable bonds is 7. The van der Waals surface area contributed by atoms with E-state index in [2.05, 4.69) is 4.74 Å². The van der Waals surface area contributed by atoms with E-state index in [1.165, 1.54) is 0 Å². The molecule has 0 N–H and O–H groups in total. The Balaban J connectivity index is 2.64. The first-order chi connectivity index (χ1) is 8.13. The molecule has 98 valence electrons. The van der Waals surface area contributed by atoms with Crippen molar-refractivity contribution in [2.45, 2.75) is 57.8 Å². The van der Waals surface area contributed by atoms with E-state index in [1.54, 1.807) is 0 Å². The van der Waals surface area contributed by atoms with Crippen LogP contribution < -0.4 is 0 Å². The van der Waals surface area contributed by atoms with Gasteiger partial charge in [-0.25, -0.2) is 4.79 Å². The minimum absolute atomic E-state index is 0.0388. The highest BCUT2D eigenvalue weighted by atomic mass is 28.1. The molecule has 0 spiro atoms. The van der Waals surface area contributed by atoms with Crippen LogP contribution in [0.15, 0.2) is 0 Å². The second kappa shape index (κ2) is 6.91. The monoisotopic (exact) mass is 258 g/mol. The summed E-state index contributed by atoms with van der Waals surface area (Å²) in [6, 6.07) is 1.13. The van der Waals surface area contributed by atoms with Gasteiger partial charge in [-0.15, -0.1) is 0 Å². The van der Waals surface area contributed by atoms with Crippen LogP contribution in [-0.2, 0) is 19.1 Å². The van der Waals surface area contributed by atoms with Crippen LogP contribution in [0.25, 0.3) is 0 Å². The molecule has 0 bridgehead atoms. The van der Waals surface area contributed by atoms with E-state index in [9.17, 15) is 9.59 Å². The molecule has 0 aliphatic carbocycles. The molecule has 0 aromatic carbocycles. The smallest absolute Gasteiger partial charge is 0.343 e. The number of esters is 2. The van der Waals surface area contributed by atoms with Gasteiger partial charge in [-0.2, -0.15) is 0 Å². The van der Waals surface area contributed by atoms with Crippen LogP contribution in [0.5, 0.6) is 0 Å². The lowest BCUT2D eigenvalue weighted by atomic mass is 9.99. The zero-order valence-corrected chi connectivity index (χ0v) is 12.9. The minimum Gasteiger partial charge on any atom is -0.391 e. The zero-order valence-electron chi connectivity index (χ0n) is 10.9. The molecule has 1 aliphatic rings. The fourth-order valence-corrected chi connectivity index (χ4v) is 2.46. The number of cyclic esters (lactones) is 2. The van der Waals surface area contributed by atoms with Gasteiger partial charge in [0.15, 0.2) is 6.10 Å². The molecule has 1 rings (SSSR count). The molecular formula is C12H22O4Si. The van der Waals surface area contributed by atoms with Gasteiger partial charge >= 0.3 is 11.9 Å². The number of hydrogen-bond acceptors (Lipinski definition) is 4. The fourth-order valence-electron chi connectivity index (χ4n) is 2.05. The average Bonchev–Trinajstić information content (AvgIpc) is 2.58. The SMILES string of the molecule is CCC(CC)OC1C(=O)OC(=O)C1CCC[SiH3]. The van der Waals surface area contributed by atoms with Crippen LogP contribution in [0.1, 0.15) is 39.5 Å². The maximum absolute atomic E-state index is 11.6. The maximum Gasteiger partial charge on any atom is 0.343 e. The van der Waals surface area contributed by atoms with E-state index in [4.69, 9.17) is 4.74 Å². The lowest BCUT2D eigenvalue weighted by Crippen LogP contribution is -2.31. The largest absolute Gasteiger partial charge is 0.391 e. The first kappa shape index (κ1) is 14.4. The summed E-state index contributed by atoms with van der Waals surface area (Å²) in [6.07, 6.45) is 2.75. The summed E-state index contributed by atoms with van der Waals surface area (Å²) in [4.78, 5) is 23.1. The second-order valence-electron chi connectivity index (χ2n) is 4.48. The van der Waals surface area contributed by atoms with E-state index in [0.29, 0.717) is 6.42 Å². The van der Waals surface area contributed by atoms with Crippen molar-refractivity contribution in [1.29, 1.82) is 0 Å². The number of carbonyl (C=O) groups excluding carboxylic acids is 2. The van der Waals surface area contributed by atoms with Crippen molar-refractivity contribution in [2.75, 3.05) is 0 Å². The molecule has 4 nitrogen and oxygen atoms in total. The van der Waals surface area contributed by atoms with Crippen molar-refractivity contribution >= 4 is 22.2 Å². The van der Waals surface area contributed by atoms with E-state index < -0.39 is 18.0 Å². The van der Waals surface area contributed by atoms with Gasteiger partial charge in [0.2, 0.25) is 0 Å². The third kappa shape index (κ3) is 3.64. The van der Waals surface area contributed by atoms with Crippen LogP contribution in [-0.4, -0.2) is 34.4 Å². The van der Waals surface area contributed by atoms with Crippen molar-refractivity contribution < 1.29 is 19.1 Å². The molecule has 1 aliphatic heterocycles. The Hall–Kier alpha value is -0.683. The first-order valence-corrected chi connectivity index (χ1v) is 7.96. The summed E-state index contributed by atoms with van der Waals surface area (Å²) in [5.74, 6) is -1.28. The first-order valence-electron chi connectivity index (χ1n) is 6.54. The van der Waals surface area contributed by atoms with Crippen molar-refractivity contribution in [3.05, 3.63) is 0 Å². The molecule has 2 atom stereocenters. The zero-order chi connectivity index (χ0) is 12.8. The van der Waals surface area contributed by atoms with Gasteiger partial charge in [-0.3, -0.25) is 4.79 Å². The molecule has 2 unspecified atom stereocenters. The topological polar surface area (TPSA) is 52.6 Å². The molecule has 0 radical (unpaired) electrons. The Morgan fingerprint density at radius 1 is 1.29 bits per heavy atom. The summed E-state index contributed by atoms with van der Waals surface area (Å²) in [6.45, 7) is 4.03. The quantitative estimate of drug-likeness (QED) is 0.385. The number of carbonyl (C=O) groups is 2. The van der Waals surface area contributed by atoms with Crippen LogP contribution in [0.3, 0.4) is 0 Å². The van der Waals surface area contributed by atoms with Gasteiger partial charge in [0, 0.05) is 10.2 Å². The molecular weight excluding hydrogens is 236 g/mol. The minimum atomic E-state index is -0.666. The molecule has 0 amide bonds. The molecule has 1 saturated heterocycles. The predicted octanol–water partition coefficient (Wildman–Crippen LogP) is 0.824. The Morgan fingerprint density at radius 3 is 2.47 bits per heavy atom. The molecule has 17 heavy (non-hydrogen) atoms. The van der Waals surface area contributed by atoms with Gasteiger partial charge in [0.25, 0.3) is 0 Å². The van der Waals surface area contributed by atoms with E-state index in [0.717, 1.165) is 35.5 Å². The van der Waals surface area contributed by atoms with Crippen molar-refractivity contribution in [1.82, 2.24) is 0 Å². The van der Waals surface area contributed by atoms with Crippen molar-refractivity contribution in [2.24, 2.45) is 5.92 Å². The molecule has 1 fully saturated rings. The van der Waals surface area contributed by atoms with Gasteiger partial charge in [0.1, 0.15) is 0 Å². The molecule has 1 heterocycles. The Kier molecular flexibility index (Phi) is 5.84. The van der Waals surface area contributed by atoms with Crippen molar-refractivity contribution in [3.8, 4) is 0 Å². The number of ether oxygens (including phenoxy) is 2. The van der Waals surface area contributed by atoms with Crippen LogP contribution in [0.4, 0.5) is 0 Å². The molecule has 5 heteroatoms.